The van der Waals surface area contributed by atoms with Crippen LogP contribution in [0.2, 0.25) is 5.02 Å². The Morgan fingerprint density at radius 2 is 2.19 bits per heavy atom. The molecule has 0 saturated carbocycles. The van der Waals surface area contributed by atoms with E-state index >= 15 is 0 Å². The molecule has 1 heterocycles. The maximum Gasteiger partial charge on any atom is 0.251 e. The summed E-state index contributed by atoms with van der Waals surface area (Å²) >= 11 is 5.92. The van der Waals surface area contributed by atoms with Crippen molar-refractivity contribution in [3.63, 3.8) is 0 Å². The lowest BCUT2D eigenvalue weighted by molar-refractivity contribution is 0.0939. The minimum absolute atomic E-state index is 0.0341. The zero-order chi connectivity index (χ0) is 15.4. The number of carbonyl (C=O) groups excluding carboxylic acids is 1. The van der Waals surface area contributed by atoms with Gasteiger partial charge in [-0.1, -0.05) is 11.6 Å². The Kier molecular flexibility index (Phi) is 4.88. The van der Waals surface area contributed by atoms with Crippen LogP contribution in [0.1, 0.15) is 22.2 Å². The Labute approximate surface area is 128 Å². The zero-order valence-corrected chi connectivity index (χ0v) is 12.7. The molecule has 5 nitrogen and oxygen atoms in total. The Hall–Kier alpha value is -1.98. The molecule has 0 fully saturated rings. The first-order valence-corrected chi connectivity index (χ1v) is 6.90. The molecular formula is C15H18ClN3O2. The molecule has 0 aliphatic carbocycles. The van der Waals surface area contributed by atoms with Gasteiger partial charge < -0.3 is 15.5 Å². The normalized spacial score (nSPS) is 12.4. The predicted molar refractivity (Wildman–Crippen MR) is 83.3 cm³/mol. The van der Waals surface area contributed by atoms with Crippen molar-refractivity contribution in [3.8, 4) is 0 Å². The molecular weight excluding hydrogens is 290 g/mol. The minimum Gasteiger partial charge on any atom is -0.468 e. The molecule has 1 aromatic heterocycles. The first-order valence-electron chi connectivity index (χ1n) is 6.52. The Balaban J connectivity index is 2.03. The molecule has 0 aliphatic heterocycles. The van der Waals surface area contributed by atoms with Gasteiger partial charge >= 0.3 is 0 Å². The van der Waals surface area contributed by atoms with Crippen LogP contribution in [0.3, 0.4) is 0 Å². The lowest BCUT2D eigenvalue weighted by atomic mass is 10.1. The van der Waals surface area contributed by atoms with Gasteiger partial charge in [-0.25, -0.2) is 0 Å². The lowest BCUT2D eigenvalue weighted by Crippen LogP contribution is -2.34. The molecule has 6 heteroatoms. The van der Waals surface area contributed by atoms with E-state index in [0.29, 0.717) is 22.8 Å². The highest BCUT2D eigenvalue weighted by Gasteiger charge is 2.18. The smallest absolute Gasteiger partial charge is 0.251 e. The van der Waals surface area contributed by atoms with E-state index in [-0.39, 0.29) is 11.9 Å². The second-order valence-corrected chi connectivity index (χ2v) is 5.35. The van der Waals surface area contributed by atoms with Gasteiger partial charge in [-0.3, -0.25) is 9.69 Å². The molecule has 1 aromatic carbocycles. The van der Waals surface area contributed by atoms with Crippen LogP contribution in [0.5, 0.6) is 0 Å². The highest BCUT2D eigenvalue weighted by molar-refractivity contribution is 6.33. The summed E-state index contributed by atoms with van der Waals surface area (Å²) in [6.45, 7) is 0.432. The highest BCUT2D eigenvalue weighted by Crippen LogP contribution is 2.20. The van der Waals surface area contributed by atoms with Crippen LogP contribution < -0.4 is 11.1 Å². The number of anilines is 1. The number of nitrogen functional groups attached to an aromatic ring is 1. The van der Waals surface area contributed by atoms with Gasteiger partial charge in [0.2, 0.25) is 0 Å². The Morgan fingerprint density at radius 1 is 1.43 bits per heavy atom. The maximum absolute atomic E-state index is 12.1. The number of furan rings is 1. The summed E-state index contributed by atoms with van der Waals surface area (Å²) < 4.78 is 5.40. The molecule has 0 bridgehead atoms. The molecule has 112 valence electrons. The SMILES string of the molecule is CN(C)C(CNC(=O)c1ccc(N)c(Cl)c1)c1ccco1. The van der Waals surface area contributed by atoms with Crippen molar-refractivity contribution in [2.75, 3.05) is 26.4 Å². The number of carbonyl (C=O) groups is 1. The third kappa shape index (κ3) is 3.77. The van der Waals surface area contributed by atoms with Crippen LogP contribution in [-0.2, 0) is 0 Å². The number of halogens is 1. The van der Waals surface area contributed by atoms with Crippen molar-refractivity contribution in [2.24, 2.45) is 0 Å². The number of likely N-dealkylation sites (N-methyl/N-ethyl adjacent to an activating group) is 1. The maximum atomic E-state index is 12.1. The molecule has 2 rings (SSSR count). The van der Waals surface area contributed by atoms with Crippen molar-refractivity contribution in [2.45, 2.75) is 6.04 Å². The van der Waals surface area contributed by atoms with Crippen LogP contribution in [-0.4, -0.2) is 31.4 Å². The molecule has 1 atom stereocenters. The van der Waals surface area contributed by atoms with E-state index in [1.807, 2.05) is 31.1 Å². The summed E-state index contributed by atoms with van der Waals surface area (Å²) in [6, 6.07) is 8.50. The minimum atomic E-state index is -0.199. The van der Waals surface area contributed by atoms with Crippen LogP contribution in [0.15, 0.2) is 41.0 Å². The number of hydrogen-bond donors (Lipinski definition) is 2. The van der Waals surface area contributed by atoms with E-state index in [9.17, 15) is 4.79 Å². The monoisotopic (exact) mass is 307 g/mol. The van der Waals surface area contributed by atoms with Crippen LogP contribution in [0.25, 0.3) is 0 Å². The van der Waals surface area contributed by atoms with Crippen molar-refractivity contribution in [3.05, 3.63) is 52.9 Å². The molecule has 0 aliphatic rings. The molecule has 3 N–H and O–H groups in total. The van der Waals surface area contributed by atoms with E-state index < -0.39 is 0 Å². The van der Waals surface area contributed by atoms with E-state index in [4.69, 9.17) is 21.8 Å². The third-order valence-corrected chi connectivity index (χ3v) is 3.54. The van der Waals surface area contributed by atoms with Gasteiger partial charge in [0.25, 0.3) is 5.91 Å². The van der Waals surface area contributed by atoms with E-state index in [1.54, 1.807) is 24.5 Å². The molecule has 1 amide bonds. The molecule has 2 aromatic rings. The number of nitrogens with one attached hydrogen (secondary N) is 1. The standard InChI is InChI=1S/C15H18ClN3O2/c1-19(2)13(14-4-3-7-21-14)9-18-15(20)10-5-6-12(17)11(16)8-10/h3-8,13H,9,17H2,1-2H3,(H,18,20). The second-order valence-electron chi connectivity index (χ2n) is 4.94. The fourth-order valence-corrected chi connectivity index (χ4v) is 2.16. The molecule has 1 unspecified atom stereocenters. The average Bonchev–Trinajstić information content (AvgIpc) is 2.95. The predicted octanol–water partition coefficient (Wildman–Crippen LogP) is 2.55. The van der Waals surface area contributed by atoms with Gasteiger partial charge in [0.15, 0.2) is 0 Å². The third-order valence-electron chi connectivity index (χ3n) is 3.21. The number of nitrogens with zero attached hydrogens (tertiary/aromatic N) is 1. The van der Waals surface area contributed by atoms with E-state index in [0.717, 1.165) is 5.76 Å². The number of nitrogens with two attached hydrogens (primary N) is 1. The molecule has 0 spiro atoms. The van der Waals surface area contributed by atoms with Crippen LogP contribution in [0, 0.1) is 0 Å². The number of hydrogen-bond acceptors (Lipinski definition) is 4. The number of amides is 1. The van der Waals surface area contributed by atoms with Crippen molar-refractivity contribution in [1.82, 2.24) is 10.2 Å². The molecule has 0 saturated heterocycles. The quantitative estimate of drug-likeness (QED) is 0.833. The fraction of sp³-hybridized carbons (Fsp3) is 0.267. The number of rotatable bonds is 5. The lowest BCUT2D eigenvalue weighted by Gasteiger charge is -2.22. The fourth-order valence-electron chi connectivity index (χ4n) is 1.98. The number of benzene rings is 1. The molecule has 0 radical (unpaired) electrons. The molecule has 21 heavy (non-hydrogen) atoms. The summed E-state index contributed by atoms with van der Waals surface area (Å²) in [6.07, 6.45) is 1.62. The highest BCUT2D eigenvalue weighted by atomic mass is 35.5. The first kappa shape index (κ1) is 15.4. The van der Waals surface area contributed by atoms with Gasteiger partial charge in [-0.15, -0.1) is 0 Å². The summed E-state index contributed by atoms with van der Waals surface area (Å²) in [7, 11) is 3.86. The Morgan fingerprint density at radius 3 is 2.76 bits per heavy atom. The van der Waals surface area contributed by atoms with Crippen molar-refractivity contribution < 1.29 is 9.21 Å². The topological polar surface area (TPSA) is 71.5 Å². The Bertz CT molecular complexity index is 611. The van der Waals surface area contributed by atoms with Crippen LogP contribution in [0.4, 0.5) is 5.69 Å². The summed E-state index contributed by atoms with van der Waals surface area (Å²) in [4.78, 5) is 14.1. The summed E-state index contributed by atoms with van der Waals surface area (Å²) in [5.74, 6) is 0.603. The van der Waals surface area contributed by atoms with Crippen molar-refractivity contribution >= 4 is 23.2 Å². The summed E-state index contributed by atoms with van der Waals surface area (Å²) in [5, 5.41) is 3.25. The van der Waals surface area contributed by atoms with Gasteiger partial charge in [-0.2, -0.15) is 0 Å². The van der Waals surface area contributed by atoms with Gasteiger partial charge in [-0.05, 0) is 44.4 Å². The van der Waals surface area contributed by atoms with Gasteiger partial charge in [0.05, 0.1) is 23.0 Å². The van der Waals surface area contributed by atoms with Crippen molar-refractivity contribution in [1.29, 1.82) is 0 Å². The second kappa shape index (κ2) is 6.65. The van der Waals surface area contributed by atoms with Crippen LogP contribution >= 0.6 is 11.6 Å². The van der Waals surface area contributed by atoms with Gasteiger partial charge in [0.1, 0.15) is 5.76 Å². The first-order chi connectivity index (χ1) is 9.99. The van der Waals surface area contributed by atoms with Gasteiger partial charge in [0, 0.05) is 12.1 Å². The summed E-state index contributed by atoms with van der Waals surface area (Å²) in [5.41, 5.74) is 6.56. The largest absolute Gasteiger partial charge is 0.468 e. The zero-order valence-electron chi connectivity index (χ0n) is 12.0. The average molecular weight is 308 g/mol. The van der Waals surface area contributed by atoms with E-state index in [1.165, 1.54) is 0 Å². The van der Waals surface area contributed by atoms with E-state index in [2.05, 4.69) is 5.32 Å².